The van der Waals surface area contributed by atoms with Crippen molar-refractivity contribution in [2.24, 2.45) is 0 Å². The van der Waals surface area contributed by atoms with Gasteiger partial charge in [-0.15, -0.1) is 0 Å². The summed E-state index contributed by atoms with van der Waals surface area (Å²) in [5, 5.41) is 0. The fourth-order valence-electron chi connectivity index (χ4n) is 4.47. The number of carbonyl (C=O) groups is 2. The third-order valence-electron chi connectivity index (χ3n) is 6.26. The van der Waals surface area contributed by atoms with Crippen molar-refractivity contribution >= 4 is 11.7 Å². The molecule has 170 valence electrons. The molecule has 1 atom stereocenters. The van der Waals surface area contributed by atoms with Gasteiger partial charge in [-0.05, 0) is 42.2 Å². The van der Waals surface area contributed by atoms with Crippen LogP contribution in [-0.2, 0) is 10.2 Å². The van der Waals surface area contributed by atoms with Gasteiger partial charge >= 0.3 is 0 Å². The first-order valence-electron chi connectivity index (χ1n) is 11.0. The molecule has 2 aliphatic rings. The van der Waals surface area contributed by atoms with Gasteiger partial charge in [-0.25, -0.2) is 0 Å². The van der Waals surface area contributed by atoms with E-state index in [1.54, 1.807) is 30.2 Å². The highest BCUT2D eigenvalue weighted by Crippen LogP contribution is 2.40. The molecule has 0 aromatic heterocycles. The van der Waals surface area contributed by atoms with Crippen molar-refractivity contribution in [2.75, 3.05) is 26.8 Å². The number of Topliss-reactive ketones (excluding diaryl/α,β-unsaturated/α-hetero) is 1. The predicted molar refractivity (Wildman–Crippen MR) is 122 cm³/mol. The van der Waals surface area contributed by atoms with Crippen molar-refractivity contribution < 1.29 is 23.8 Å². The van der Waals surface area contributed by atoms with Crippen LogP contribution in [0.2, 0.25) is 0 Å². The zero-order chi connectivity index (χ0) is 23.1. The molecule has 1 saturated heterocycles. The van der Waals surface area contributed by atoms with Crippen LogP contribution < -0.4 is 14.2 Å². The van der Waals surface area contributed by atoms with Crippen LogP contribution in [0.3, 0.4) is 0 Å². The van der Waals surface area contributed by atoms with Crippen LogP contribution in [0.4, 0.5) is 0 Å². The van der Waals surface area contributed by atoms with Gasteiger partial charge in [0.05, 0.1) is 25.6 Å². The molecular weight excluding hydrogens is 406 g/mol. The van der Waals surface area contributed by atoms with Gasteiger partial charge in [-0.2, -0.15) is 0 Å². The highest BCUT2D eigenvalue weighted by Gasteiger charge is 2.47. The number of nitrogens with zero attached hydrogens (tertiary/aromatic N) is 1. The summed E-state index contributed by atoms with van der Waals surface area (Å²) in [6.45, 7) is 9.33. The standard InChI is InChI=1S/C26H31NO5/c1-17-6-8-23(20(12-17)25(2,3)4)31-15-24(29)27-11-10-26(16-27)14-21(28)19-13-18(30-5)7-9-22(19)32-26/h6-9,12-13H,10-11,14-16H2,1-5H3. The lowest BCUT2D eigenvalue weighted by atomic mass is 9.85. The molecule has 0 bridgehead atoms. The summed E-state index contributed by atoms with van der Waals surface area (Å²) in [5.74, 6) is 1.84. The Hall–Kier alpha value is -3.02. The van der Waals surface area contributed by atoms with E-state index in [2.05, 4.69) is 26.8 Å². The van der Waals surface area contributed by atoms with E-state index < -0.39 is 5.60 Å². The predicted octanol–water partition coefficient (Wildman–Crippen LogP) is 4.32. The van der Waals surface area contributed by atoms with Gasteiger partial charge < -0.3 is 19.1 Å². The topological polar surface area (TPSA) is 65.1 Å². The Kier molecular flexibility index (Phi) is 5.65. The highest BCUT2D eigenvalue weighted by atomic mass is 16.5. The molecule has 0 aliphatic carbocycles. The summed E-state index contributed by atoms with van der Waals surface area (Å²) in [4.78, 5) is 27.5. The lowest BCUT2D eigenvalue weighted by Crippen LogP contribution is -2.46. The number of ether oxygens (including phenoxy) is 3. The molecule has 0 radical (unpaired) electrons. The summed E-state index contributed by atoms with van der Waals surface area (Å²) >= 11 is 0. The van der Waals surface area contributed by atoms with E-state index >= 15 is 0 Å². The summed E-state index contributed by atoms with van der Waals surface area (Å²) in [5.41, 5.74) is 2.02. The monoisotopic (exact) mass is 437 g/mol. The number of aryl methyl sites for hydroxylation is 1. The first-order chi connectivity index (χ1) is 15.1. The van der Waals surface area contributed by atoms with Gasteiger partial charge in [0.2, 0.25) is 0 Å². The summed E-state index contributed by atoms with van der Waals surface area (Å²) in [7, 11) is 1.57. The molecule has 2 aromatic rings. The largest absolute Gasteiger partial charge is 0.497 e. The van der Waals surface area contributed by atoms with Crippen LogP contribution in [0.25, 0.3) is 0 Å². The third-order valence-corrected chi connectivity index (χ3v) is 6.26. The van der Waals surface area contributed by atoms with E-state index in [0.717, 1.165) is 16.9 Å². The molecule has 1 spiro atoms. The fraction of sp³-hybridized carbons (Fsp3) is 0.462. The minimum Gasteiger partial charge on any atom is -0.497 e. The van der Waals surface area contributed by atoms with Crippen molar-refractivity contribution in [2.45, 2.75) is 51.6 Å². The number of carbonyl (C=O) groups excluding carboxylic acids is 2. The van der Waals surface area contributed by atoms with Gasteiger partial charge in [0.25, 0.3) is 5.91 Å². The molecule has 4 rings (SSSR count). The summed E-state index contributed by atoms with van der Waals surface area (Å²) in [6, 6.07) is 11.3. The van der Waals surface area contributed by atoms with Crippen LogP contribution in [0, 0.1) is 6.92 Å². The normalized spacial score (nSPS) is 20.2. The number of methoxy groups -OCH3 is 1. The number of amides is 1. The Balaban J connectivity index is 1.43. The Labute approximate surface area is 189 Å². The van der Waals surface area contributed by atoms with Gasteiger partial charge in [0.15, 0.2) is 12.4 Å². The second-order valence-electron chi connectivity index (χ2n) is 9.85. The molecule has 2 heterocycles. The quantitative estimate of drug-likeness (QED) is 0.713. The first kappa shape index (κ1) is 22.2. The van der Waals surface area contributed by atoms with E-state index in [1.807, 2.05) is 19.1 Å². The average Bonchev–Trinajstić information content (AvgIpc) is 3.14. The van der Waals surface area contributed by atoms with Gasteiger partial charge in [-0.1, -0.05) is 38.5 Å². The van der Waals surface area contributed by atoms with Crippen LogP contribution in [0.15, 0.2) is 36.4 Å². The minimum atomic E-state index is -0.672. The van der Waals surface area contributed by atoms with Crippen LogP contribution in [0.5, 0.6) is 17.2 Å². The maximum absolute atomic E-state index is 12.9. The number of rotatable bonds is 4. The lowest BCUT2D eigenvalue weighted by Gasteiger charge is -2.34. The van der Waals surface area contributed by atoms with Crippen molar-refractivity contribution in [3.8, 4) is 17.2 Å². The van der Waals surface area contributed by atoms with Gasteiger partial charge in [0.1, 0.15) is 22.8 Å². The van der Waals surface area contributed by atoms with E-state index in [1.165, 1.54) is 0 Å². The van der Waals surface area contributed by atoms with Gasteiger partial charge in [0, 0.05) is 13.0 Å². The summed E-state index contributed by atoms with van der Waals surface area (Å²) < 4.78 is 17.4. The number of benzene rings is 2. The number of fused-ring (bicyclic) bond motifs is 1. The number of hydrogen-bond donors (Lipinski definition) is 0. The molecule has 1 unspecified atom stereocenters. The number of ketones is 1. The number of hydrogen-bond acceptors (Lipinski definition) is 5. The zero-order valence-electron chi connectivity index (χ0n) is 19.5. The molecule has 32 heavy (non-hydrogen) atoms. The smallest absolute Gasteiger partial charge is 0.260 e. The average molecular weight is 438 g/mol. The lowest BCUT2D eigenvalue weighted by molar-refractivity contribution is -0.133. The van der Waals surface area contributed by atoms with E-state index in [9.17, 15) is 9.59 Å². The number of likely N-dealkylation sites (tertiary alicyclic amines) is 1. The molecule has 0 saturated carbocycles. The molecule has 0 N–H and O–H groups in total. The molecule has 1 amide bonds. The molecule has 1 fully saturated rings. The van der Waals surface area contributed by atoms with Crippen molar-refractivity contribution in [3.63, 3.8) is 0 Å². The van der Waals surface area contributed by atoms with Crippen LogP contribution >= 0.6 is 0 Å². The fourth-order valence-corrected chi connectivity index (χ4v) is 4.47. The van der Waals surface area contributed by atoms with Crippen molar-refractivity contribution in [3.05, 3.63) is 53.1 Å². The Bertz CT molecular complexity index is 1050. The van der Waals surface area contributed by atoms with E-state index in [4.69, 9.17) is 14.2 Å². The van der Waals surface area contributed by atoms with Crippen molar-refractivity contribution in [1.82, 2.24) is 4.90 Å². The Morgan fingerprint density at radius 2 is 1.97 bits per heavy atom. The highest BCUT2D eigenvalue weighted by molar-refractivity contribution is 6.01. The maximum Gasteiger partial charge on any atom is 0.260 e. The second kappa shape index (κ2) is 8.15. The molecule has 2 aliphatic heterocycles. The summed E-state index contributed by atoms with van der Waals surface area (Å²) in [6.07, 6.45) is 0.873. The maximum atomic E-state index is 12.9. The Morgan fingerprint density at radius 3 is 2.69 bits per heavy atom. The van der Waals surface area contributed by atoms with E-state index in [0.29, 0.717) is 36.6 Å². The second-order valence-corrected chi connectivity index (χ2v) is 9.85. The van der Waals surface area contributed by atoms with Crippen molar-refractivity contribution in [1.29, 1.82) is 0 Å². The molecular formula is C26H31NO5. The SMILES string of the molecule is COc1ccc2c(c1)C(=O)CC1(CCN(C(=O)COc3ccc(C)cc3C(C)(C)C)C1)O2. The molecule has 2 aromatic carbocycles. The third kappa shape index (κ3) is 4.31. The molecule has 6 heteroatoms. The van der Waals surface area contributed by atoms with Crippen LogP contribution in [-0.4, -0.2) is 49.0 Å². The minimum absolute atomic E-state index is 0.0187. The first-order valence-corrected chi connectivity index (χ1v) is 11.0. The van der Waals surface area contributed by atoms with Gasteiger partial charge in [-0.3, -0.25) is 9.59 Å². The Morgan fingerprint density at radius 1 is 1.19 bits per heavy atom. The zero-order valence-corrected chi connectivity index (χ0v) is 19.5. The molecule has 6 nitrogen and oxygen atoms in total. The van der Waals surface area contributed by atoms with Crippen LogP contribution in [0.1, 0.15) is 55.1 Å². The van der Waals surface area contributed by atoms with E-state index in [-0.39, 0.29) is 30.1 Å².